The second-order valence-corrected chi connectivity index (χ2v) is 4.19. The van der Waals surface area contributed by atoms with E-state index < -0.39 is 0 Å². The van der Waals surface area contributed by atoms with Gasteiger partial charge >= 0.3 is 0 Å². The van der Waals surface area contributed by atoms with Gasteiger partial charge in [0.2, 0.25) is 0 Å². The zero-order valence-corrected chi connectivity index (χ0v) is 8.93. The van der Waals surface area contributed by atoms with Crippen LogP contribution in [0.15, 0.2) is 30.3 Å². The molecule has 1 N–H and O–H groups in total. The van der Waals surface area contributed by atoms with E-state index in [9.17, 15) is 5.11 Å². The van der Waals surface area contributed by atoms with Crippen LogP contribution in [0.5, 0.6) is 0 Å². The maximum absolute atomic E-state index is 9.72. The van der Waals surface area contributed by atoms with E-state index in [4.69, 9.17) is 4.74 Å². The highest BCUT2D eigenvalue weighted by Crippen LogP contribution is 2.22. The Balaban J connectivity index is 1.82. The highest BCUT2D eigenvalue weighted by atomic mass is 16.5. The van der Waals surface area contributed by atoms with Crippen LogP contribution in [0.25, 0.3) is 0 Å². The second kappa shape index (κ2) is 5.29. The van der Waals surface area contributed by atoms with Crippen molar-refractivity contribution in [2.75, 3.05) is 0 Å². The Labute approximate surface area is 90.9 Å². The van der Waals surface area contributed by atoms with Gasteiger partial charge in [0.25, 0.3) is 0 Å². The molecular formula is C13H18O2. The van der Waals surface area contributed by atoms with Crippen LogP contribution in [0, 0.1) is 0 Å². The van der Waals surface area contributed by atoms with Gasteiger partial charge in [0.1, 0.15) is 0 Å². The molecule has 0 aliphatic heterocycles. The minimum Gasteiger partial charge on any atom is -0.390 e. The standard InChI is InChI=1S/C13H18O2/c14-12-8-4-5-9-13(12)15-10-11-6-2-1-3-7-11/h1-3,6-7,12-14H,4-5,8-10H2/t12-,13-/m0/s1. The third kappa shape index (κ3) is 3.05. The van der Waals surface area contributed by atoms with Gasteiger partial charge in [-0.15, -0.1) is 0 Å². The molecule has 0 radical (unpaired) electrons. The van der Waals surface area contributed by atoms with Gasteiger partial charge in [0.05, 0.1) is 18.8 Å². The number of ether oxygens (including phenoxy) is 1. The van der Waals surface area contributed by atoms with Crippen LogP contribution < -0.4 is 0 Å². The Kier molecular flexibility index (Phi) is 3.75. The molecule has 1 aliphatic rings. The third-order valence-electron chi connectivity index (χ3n) is 2.97. The van der Waals surface area contributed by atoms with Gasteiger partial charge in [0.15, 0.2) is 0 Å². The topological polar surface area (TPSA) is 29.5 Å². The molecule has 2 atom stereocenters. The number of hydrogen-bond donors (Lipinski definition) is 1. The van der Waals surface area contributed by atoms with Gasteiger partial charge in [-0.2, -0.15) is 0 Å². The van der Waals surface area contributed by atoms with Gasteiger partial charge in [-0.25, -0.2) is 0 Å². The lowest BCUT2D eigenvalue weighted by Gasteiger charge is -2.27. The van der Waals surface area contributed by atoms with Crippen LogP contribution in [-0.2, 0) is 11.3 Å². The summed E-state index contributed by atoms with van der Waals surface area (Å²) in [4.78, 5) is 0. The molecule has 0 heterocycles. The molecule has 0 amide bonds. The quantitative estimate of drug-likeness (QED) is 0.823. The van der Waals surface area contributed by atoms with Crippen molar-refractivity contribution in [2.45, 2.75) is 44.5 Å². The number of aliphatic hydroxyl groups is 1. The molecule has 1 aromatic rings. The van der Waals surface area contributed by atoms with Crippen LogP contribution in [0.2, 0.25) is 0 Å². The van der Waals surface area contributed by atoms with Crippen LogP contribution in [0.4, 0.5) is 0 Å². The summed E-state index contributed by atoms with van der Waals surface area (Å²) in [6, 6.07) is 10.1. The molecule has 1 aliphatic carbocycles. The SMILES string of the molecule is O[C@H]1CCCC[C@@H]1OCc1ccccc1. The van der Waals surface area contributed by atoms with Crippen molar-refractivity contribution in [2.24, 2.45) is 0 Å². The largest absolute Gasteiger partial charge is 0.390 e. The molecule has 1 fully saturated rings. The Morgan fingerprint density at radius 1 is 1.13 bits per heavy atom. The van der Waals surface area contributed by atoms with Crippen LogP contribution >= 0.6 is 0 Å². The average molecular weight is 206 g/mol. The lowest BCUT2D eigenvalue weighted by Crippen LogP contribution is -2.32. The van der Waals surface area contributed by atoms with E-state index in [-0.39, 0.29) is 12.2 Å². The Bertz CT molecular complexity index is 284. The van der Waals surface area contributed by atoms with Crippen LogP contribution in [-0.4, -0.2) is 17.3 Å². The normalized spacial score (nSPS) is 26.5. The van der Waals surface area contributed by atoms with E-state index in [0.29, 0.717) is 6.61 Å². The molecule has 0 saturated heterocycles. The third-order valence-corrected chi connectivity index (χ3v) is 2.97. The van der Waals surface area contributed by atoms with Crippen molar-refractivity contribution in [1.29, 1.82) is 0 Å². The van der Waals surface area contributed by atoms with Crippen molar-refractivity contribution >= 4 is 0 Å². The second-order valence-electron chi connectivity index (χ2n) is 4.19. The summed E-state index contributed by atoms with van der Waals surface area (Å²) in [6.45, 7) is 0.614. The fraction of sp³-hybridized carbons (Fsp3) is 0.538. The van der Waals surface area contributed by atoms with Gasteiger partial charge < -0.3 is 9.84 Å². The van der Waals surface area contributed by atoms with Crippen molar-refractivity contribution in [3.63, 3.8) is 0 Å². The van der Waals surface area contributed by atoms with E-state index in [0.717, 1.165) is 19.3 Å². The number of rotatable bonds is 3. The number of hydrogen-bond acceptors (Lipinski definition) is 2. The molecule has 2 rings (SSSR count). The Morgan fingerprint density at radius 2 is 1.87 bits per heavy atom. The van der Waals surface area contributed by atoms with E-state index in [1.807, 2.05) is 18.2 Å². The summed E-state index contributed by atoms with van der Waals surface area (Å²) in [5.41, 5.74) is 1.18. The molecule has 82 valence electrons. The zero-order chi connectivity index (χ0) is 10.5. The van der Waals surface area contributed by atoms with Crippen molar-refractivity contribution < 1.29 is 9.84 Å². The van der Waals surface area contributed by atoms with E-state index >= 15 is 0 Å². The van der Waals surface area contributed by atoms with Crippen molar-refractivity contribution in [3.8, 4) is 0 Å². The maximum atomic E-state index is 9.72. The lowest BCUT2D eigenvalue weighted by molar-refractivity contribution is -0.0661. The van der Waals surface area contributed by atoms with Gasteiger partial charge in [-0.05, 0) is 18.4 Å². The smallest absolute Gasteiger partial charge is 0.0838 e. The van der Waals surface area contributed by atoms with Crippen LogP contribution in [0.3, 0.4) is 0 Å². The average Bonchev–Trinajstić information content (AvgIpc) is 2.29. The predicted octanol–water partition coefficient (Wildman–Crippen LogP) is 2.51. The molecule has 0 bridgehead atoms. The molecule has 1 saturated carbocycles. The molecule has 1 aromatic carbocycles. The van der Waals surface area contributed by atoms with Crippen molar-refractivity contribution in [3.05, 3.63) is 35.9 Å². The highest BCUT2D eigenvalue weighted by Gasteiger charge is 2.23. The first-order valence-corrected chi connectivity index (χ1v) is 5.70. The molecular weight excluding hydrogens is 188 g/mol. The Hall–Kier alpha value is -0.860. The maximum Gasteiger partial charge on any atom is 0.0838 e. The summed E-state index contributed by atoms with van der Waals surface area (Å²) in [5.74, 6) is 0. The summed E-state index contributed by atoms with van der Waals surface area (Å²) in [5, 5.41) is 9.72. The van der Waals surface area contributed by atoms with Crippen LogP contribution in [0.1, 0.15) is 31.2 Å². The van der Waals surface area contributed by atoms with Gasteiger partial charge in [-0.1, -0.05) is 43.2 Å². The summed E-state index contributed by atoms with van der Waals surface area (Å²) in [7, 11) is 0. The first-order valence-electron chi connectivity index (χ1n) is 5.70. The van der Waals surface area contributed by atoms with E-state index in [1.165, 1.54) is 12.0 Å². The van der Waals surface area contributed by atoms with E-state index in [2.05, 4.69) is 12.1 Å². The summed E-state index contributed by atoms with van der Waals surface area (Å²) < 4.78 is 5.73. The summed E-state index contributed by atoms with van der Waals surface area (Å²) >= 11 is 0. The monoisotopic (exact) mass is 206 g/mol. The lowest BCUT2D eigenvalue weighted by atomic mass is 9.95. The fourth-order valence-electron chi connectivity index (χ4n) is 2.05. The fourth-order valence-corrected chi connectivity index (χ4v) is 2.05. The van der Waals surface area contributed by atoms with Gasteiger partial charge in [0, 0.05) is 0 Å². The molecule has 0 aromatic heterocycles. The molecule has 2 heteroatoms. The van der Waals surface area contributed by atoms with Crippen molar-refractivity contribution in [1.82, 2.24) is 0 Å². The number of benzene rings is 1. The predicted molar refractivity (Wildman–Crippen MR) is 59.5 cm³/mol. The minimum atomic E-state index is -0.262. The molecule has 2 nitrogen and oxygen atoms in total. The minimum absolute atomic E-state index is 0.0407. The highest BCUT2D eigenvalue weighted by molar-refractivity contribution is 5.13. The molecule has 15 heavy (non-hydrogen) atoms. The van der Waals surface area contributed by atoms with Gasteiger partial charge in [-0.3, -0.25) is 0 Å². The molecule has 0 unspecified atom stereocenters. The zero-order valence-electron chi connectivity index (χ0n) is 8.93. The first-order chi connectivity index (χ1) is 7.36. The Morgan fingerprint density at radius 3 is 2.60 bits per heavy atom. The molecule has 0 spiro atoms. The summed E-state index contributed by atoms with van der Waals surface area (Å²) in [6.07, 6.45) is 3.97. The number of aliphatic hydroxyl groups excluding tert-OH is 1. The van der Waals surface area contributed by atoms with E-state index in [1.54, 1.807) is 0 Å². The first kappa shape index (κ1) is 10.7.